The lowest BCUT2D eigenvalue weighted by Crippen LogP contribution is -2.42. The van der Waals surface area contributed by atoms with Gasteiger partial charge in [-0.25, -0.2) is 0 Å². The number of rotatable bonds is 1. The molecule has 13 heavy (non-hydrogen) atoms. The van der Waals surface area contributed by atoms with Crippen LogP contribution in [-0.2, 0) is 0 Å². The van der Waals surface area contributed by atoms with Crippen molar-refractivity contribution in [3.8, 4) is 0 Å². The van der Waals surface area contributed by atoms with Crippen molar-refractivity contribution in [1.29, 1.82) is 0 Å². The predicted molar refractivity (Wildman–Crippen MR) is 58.6 cm³/mol. The van der Waals surface area contributed by atoms with Crippen molar-refractivity contribution >= 4 is 0 Å². The SMILES string of the molecule is CC[C@@H]1CC(C)(C)CC[N+](C)(C)C1. The van der Waals surface area contributed by atoms with Gasteiger partial charge in [0.2, 0.25) is 0 Å². The molecular weight excluding hydrogens is 158 g/mol. The Hall–Kier alpha value is -0.0400. The van der Waals surface area contributed by atoms with Crippen molar-refractivity contribution in [3.05, 3.63) is 0 Å². The molecule has 0 unspecified atom stereocenters. The zero-order valence-electron chi connectivity index (χ0n) is 10.1. The first-order valence-corrected chi connectivity index (χ1v) is 5.67. The van der Waals surface area contributed by atoms with Gasteiger partial charge in [-0.1, -0.05) is 20.8 Å². The minimum Gasteiger partial charge on any atom is -0.328 e. The fourth-order valence-electron chi connectivity index (χ4n) is 2.62. The normalized spacial score (nSPS) is 32.5. The summed E-state index contributed by atoms with van der Waals surface area (Å²) in [7, 11) is 4.76. The van der Waals surface area contributed by atoms with Gasteiger partial charge in [0.1, 0.15) is 0 Å². The number of nitrogens with zero attached hydrogens (tertiary/aromatic N) is 1. The van der Waals surface area contributed by atoms with Gasteiger partial charge in [0.25, 0.3) is 0 Å². The Balaban J connectivity index is 2.69. The van der Waals surface area contributed by atoms with E-state index in [9.17, 15) is 0 Å². The van der Waals surface area contributed by atoms with Crippen LogP contribution in [-0.4, -0.2) is 31.7 Å². The smallest absolute Gasteiger partial charge is 0.0811 e. The summed E-state index contributed by atoms with van der Waals surface area (Å²) >= 11 is 0. The van der Waals surface area contributed by atoms with Crippen LogP contribution in [0.4, 0.5) is 0 Å². The average Bonchev–Trinajstić information content (AvgIpc) is 2.08. The molecule has 0 aromatic carbocycles. The molecule has 1 aliphatic rings. The van der Waals surface area contributed by atoms with E-state index in [1.54, 1.807) is 0 Å². The fourth-order valence-corrected chi connectivity index (χ4v) is 2.62. The van der Waals surface area contributed by atoms with E-state index >= 15 is 0 Å². The third kappa shape index (κ3) is 3.30. The Morgan fingerprint density at radius 1 is 1.31 bits per heavy atom. The Morgan fingerprint density at radius 3 is 2.46 bits per heavy atom. The van der Waals surface area contributed by atoms with Gasteiger partial charge in [-0.05, 0) is 18.3 Å². The highest BCUT2D eigenvalue weighted by molar-refractivity contribution is 4.75. The van der Waals surface area contributed by atoms with Crippen LogP contribution in [0.5, 0.6) is 0 Å². The molecule has 0 aromatic heterocycles. The molecule has 1 heteroatoms. The minimum absolute atomic E-state index is 0.576. The molecule has 1 aliphatic heterocycles. The first kappa shape index (κ1) is 11.0. The summed E-state index contributed by atoms with van der Waals surface area (Å²) in [6.07, 6.45) is 4.16. The van der Waals surface area contributed by atoms with E-state index in [4.69, 9.17) is 0 Å². The van der Waals surface area contributed by atoms with Crippen LogP contribution in [0.25, 0.3) is 0 Å². The van der Waals surface area contributed by atoms with Crippen LogP contribution in [0, 0.1) is 11.3 Å². The molecule has 1 nitrogen and oxygen atoms in total. The van der Waals surface area contributed by atoms with E-state index in [-0.39, 0.29) is 0 Å². The molecule has 78 valence electrons. The van der Waals surface area contributed by atoms with Gasteiger partial charge in [-0.15, -0.1) is 0 Å². The van der Waals surface area contributed by atoms with Crippen molar-refractivity contribution in [3.63, 3.8) is 0 Å². The molecule has 0 amide bonds. The summed E-state index contributed by atoms with van der Waals surface area (Å²) < 4.78 is 1.22. The molecule has 0 N–H and O–H groups in total. The zero-order chi connectivity index (χ0) is 10.1. The molecule has 1 fully saturated rings. The summed E-state index contributed by atoms with van der Waals surface area (Å²) in [5.74, 6) is 0.937. The molecule has 1 saturated heterocycles. The number of hydrogen-bond donors (Lipinski definition) is 0. The third-order valence-electron chi connectivity index (χ3n) is 3.56. The fraction of sp³-hybridized carbons (Fsp3) is 1.00. The first-order chi connectivity index (χ1) is 5.85. The maximum absolute atomic E-state index is 2.43. The van der Waals surface area contributed by atoms with Crippen molar-refractivity contribution in [2.45, 2.75) is 40.0 Å². The number of hydrogen-bond acceptors (Lipinski definition) is 0. The van der Waals surface area contributed by atoms with Gasteiger partial charge in [0.15, 0.2) is 0 Å². The van der Waals surface area contributed by atoms with Crippen LogP contribution in [0.15, 0.2) is 0 Å². The lowest BCUT2D eigenvalue weighted by atomic mass is 9.80. The highest BCUT2D eigenvalue weighted by atomic mass is 15.3. The van der Waals surface area contributed by atoms with Crippen molar-refractivity contribution in [1.82, 2.24) is 0 Å². The molecule has 0 spiro atoms. The topological polar surface area (TPSA) is 0 Å². The Bertz CT molecular complexity index is 152. The van der Waals surface area contributed by atoms with E-state index in [0.717, 1.165) is 5.92 Å². The third-order valence-corrected chi connectivity index (χ3v) is 3.56. The lowest BCUT2D eigenvalue weighted by Gasteiger charge is -2.30. The summed E-state index contributed by atoms with van der Waals surface area (Å²) in [5, 5.41) is 0. The molecule has 1 rings (SSSR count). The van der Waals surface area contributed by atoms with Crippen molar-refractivity contribution in [2.75, 3.05) is 27.2 Å². The van der Waals surface area contributed by atoms with E-state index < -0.39 is 0 Å². The Morgan fingerprint density at radius 2 is 1.92 bits per heavy atom. The highest BCUT2D eigenvalue weighted by Crippen LogP contribution is 2.35. The van der Waals surface area contributed by atoms with Gasteiger partial charge in [0, 0.05) is 12.3 Å². The van der Waals surface area contributed by atoms with E-state index in [2.05, 4.69) is 34.9 Å². The minimum atomic E-state index is 0.576. The van der Waals surface area contributed by atoms with Crippen LogP contribution in [0.2, 0.25) is 0 Å². The lowest BCUT2D eigenvalue weighted by molar-refractivity contribution is -0.892. The summed E-state index contributed by atoms with van der Waals surface area (Å²) in [6, 6.07) is 0. The van der Waals surface area contributed by atoms with Crippen LogP contribution in [0.3, 0.4) is 0 Å². The standard InChI is InChI=1S/C12H26N/c1-6-11-9-12(2,3)7-8-13(4,5)10-11/h11H,6-10H2,1-5H3/q+1/t11-/m1/s1. The van der Waals surface area contributed by atoms with Crippen LogP contribution < -0.4 is 0 Å². The van der Waals surface area contributed by atoms with Gasteiger partial charge < -0.3 is 4.48 Å². The van der Waals surface area contributed by atoms with Gasteiger partial charge in [-0.3, -0.25) is 0 Å². The molecule has 0 radical (unpaired) electrons. The second kappa shape index (κ2) is 3.61. The zero-order valence-corrected chi connectivity index (χ0v) is 10.1. The predicted octanol–water partition coefficient (Wildman–Crippen LogP) is 2.91. The maximum atomic E-state index is 2.43. The van der Waals surface area contributed by atoms with E-state index in [1.807, 2.05) is 0 Å². The van der Waals surface area contributed by atoms with Crippen LogP contribution in [0.1, 0.15) is 40.0 Å². The van der Waals surface area contributed by atoms with Gasteiger partial charge in [-0.2, -0.15) is 0 Å². The molecule has 0 aromatic rings. The van der Waals surface area contributed by atoms with E-state index in [1.165, 1.54) is 36.8 Å². The Kier molecular flexibility index (Phi) is 3.06. The Labute approximate surface area is 83.7 Å². The van der Waals surface area contributed by atoms with Crippen molar-refractivity contribution < 1.29 is 4.48 Å². The molecule has 1 heterocycles. The monoisotopic (exact) mass is 184 g/mol. The van der Waals surface area contributed by atoms with Crippen molar-refractivity contribution in [2.24, 2.45) is 11.3 Å². The quantitative estimate of drug-likeness (QED) is 0.550. The second-order valence-electron chi connectivity index (χ2n) is 6.23. The molecule has 1 atom stereocenters. The molecule has 0 saturated carbocycles. The molecule has 0 aliphatic carbocycles. The second-order valence-corrected chi connectivity index (χ2v) is 6.23. The highest BCUT2D eigenvalue weighted by Gasteiger charge is 2.33. The van der Waals surface area contributed by atoms with Gasteiger partial charge in [0.05, 0.1) is 27.2 Å². The average molecular weight is 184 g/mol. The van der Waals surface area contributed by atoms with E-state index in [0.29, 0.717) is 5.41 Å². The summed E-state index contributed by atoms with van der Waals surface area (Å²) in [5.41, 5.74) is 0.576. The van der Waals surface area contributed by atoms with Gasteiger partial charge >= 0.3 is 0 Å². The summed E-state index contributed by atoms with van der Waals surface area (Å²) in [6.45, 7) is 9.93. The number of quaternary nitrogens is 1. The molecule has 0 bridgehead atoms. The largest absolute Gasteiger partial charge is 0.328 e. The van der Waals surface area contributed by atoms with Crippen LogP contribution >= 0.6 is 0 Å². The first-order valence-electron chi connectivity index (χ1n) is 5.67. The maximum Gasteiger partial charge on any atom is 0.0811 e. The number of likely N-dealkylation sites (tertiary alicyclic amines) is 1. The molecular formula is C12H26N+. The summed E-state index contributed by atoms with van der Waals surface area (Å²) in [4.78, 5) is 0.